The maximum Gasteiger partial charge on any atom is 0.238 e. The molecule has 1 saturated heterocycles. The second-order valence-corrected chi connectivity index (χ2v) is 12.8. The number of sulfone groups is 1. The number of rotatable bonds is 9. The minimum atomic E-state index is -3.48. The number of hydrogen-bond donors (Lipinski definition) is 3. The van der Waals surface area contributed by atoms with Gasteiger partial charge in [0.2, 0.25) is 11.9 Å². The van der Waals surface area contributed by atoms with E-state index < -0.39 is 15.1 Å². The van der Waals surface area contributed by atoms with Crippen LogP contribution in [0.2, 0.25) is 5.02 Å². The Balaban J connectivity index is 1.49. The first-order valence-electron chi connectivity index (χ1n) is 11.7. The van der Waals surface area contributed by atoms with Gasteiger partial charge in [0.05, 0.1) is 36.9 Å². The molecular weight excluding hydrogens is 536 g/mol. The number of benzene rings is 1. The molecule has 0 aliphatic carbocycles. The van der Waals surface area contributed by atoms with Crippen molar-refractivity contribution >= 4 is 67.5 Å². The number of carbonyl (C=O) groups is 1. The smallest absolute Gasteiger partial charge is 0.238 e. The first kappa shape index (κ1) is 27.3. The topological polar surface area (TPSA) is 126 Å². The molecule has 13 heteroatoms. The van der Waals surface area contributed by atoms with Crippen molar-refractivity contribution in [2.24, 2.45) is 0 Å². The molecule has 0 spiro atoms. The Hall–Kier alpha value is -2.77. The van der Waals surface area contributed by atoms with Crippen LogP contribution in [0.1, 0.15) is 19.4 Å². The van der Waals surface area contributed by atoms with Crippen LogP contribution in [0.3, 0.4) is 0 Å². The first-order chi connectivity index (χ1) is 17.6. The van der Waals surface area contributed by atoms with Crippen LogP contribution in [0.25, 0.3) is 0 Å². The molecule has 3 N–H and O–H groups in total. The first-order valence-corrected chi connectivity index (χ1v) is 14.5. The minimum absolute atomic E-state index is 0.103. The molecule has 3 aromatic rings. The summed E-state index contributed by atoms with van der Waals surface area (Å²) >= 11 is 7.46. The summed E-state index contributed by atoms with van der Waals surface area (Å²) in [5.41, 5.74) is 2.67. The van der Waals surface area contributed by atoms with Gasteiger partial charge in [0.15, 0.2) is 15.7 Å². The Morgan fingerprint density at radius 2 is 1.95 bits per heavy atom. The lowest BCUT2D eigenvalue weighted by Crippen LogP contribution is -2.41. The second-order valence-electron chi connectivity index (χ2n) is 8.82. The number of aromatic nitrogens is 2. The van der Waals surface area contributed by atoms with Gasteiger partial charge in [-0.3, -0.25) is 9.69 Å². The number of halogens is 1. The Kier molecular flexibility index (Phi) is 8.65. The Morgan fingerprint density at radius 3 is 2.68 bits per heavy atom. The van der Waals surface area contributed by atoms with Crippen molar-refractivity contribution in [1.29, 1.82) is 0 Å². The highest BCUT2D eigenvalue weighted by Crippen LogP contribution is 2.34. The zero-order valence-corrected chi connectivity index (χ0v) is 23.1. The van der Waals surface area contributed by atoms with Gasteiger partial charge in [0.1, 0.15) is 9.23 Å². The van der Waals surface area contributed by atoms with Crippen LogP contribution in [0.4, 0.5) is 28.8 Å². The van der Waals surface area contributed by atoms with E-state index in [4.69, 9.17) is 16.3 Å². The van der Waals surface area contributed by atoms with Crippen molar-refractivity contribution < 1.29 is 17.9 Å². The molecule has 1 aliphatic rings. The molecule has 0 saturated carbocycles. The summed E-state index contributed by atoms with van der Waals surface area (Å²) in [6.07, 6.45) is 1.44. The highest BCUT2D eigenvalue weighted by atomic mass is 35.5. The number of carbonyl (C=O) groups excluding carboxylic acids is 1. The molecule has 198 valence electrons. The lowest BCUT2D eigenvalue weighted by atomic mass is 10.2. The molecule has 3 heterocycles. The average Bonchev–Trinajstić information content (AvgIpc) is 3.33. The zero-order valence-electron chi connectivity index (χ0n) is 20.7. The lowest BCUT2D eigenvalue weighted by Gasteiger charge is -2.25. The molecule has 1 fully saturated rings. The van der Waals surface area contributed by atoms with E-state index in [1.807, 2.05) is 30.0 Å². The van der Waals surface area contributed by atoms with Crippen molar-refractivity contribution in [2.45, 2.75) is 30.2 Å². The van der Waals surface area contributed by atoms with Gasteiger partial charge < -0.3 is 20.7 Å². The van der Waals surface area contributed by atoms with Crippen LogP contribution < -0.4 is 16.0 Å². The molecule has 2 aromatic heterocycles. The van der Waals surface area contributed by atoms with Gasteiger partial charge in [0, 0.05) is 24.5 Å². The number of aryl methyl sites for hydroxylation is 1. The number of anilines is 5. The Morgan fingerprint density at radius 1 is 1.19 bits per heavy atom. The maximum atomic E-state index is 12.7. The van der Waals surface area contributed by atoms with Gasteiger partial charge in [0.25, 0.3) is 0 Å². The molecule has 37 heavy (non-hydrogen) atoms. The largest absolute Gasteiger partial charge is 0.379 e. The molecule has 1 amide bonds. The number of ether oxygens (including phenoxy) is 1. The van der Waals surface area contributed by atoms with Crippen molar-refractivity contribution in [2.75, 3.05) is 48.8 Å². The van der Waals surface area contributed by atoms with Gasteiger partial charge in [-0.05, 0) is 49.9 Å². The molecule has 1 aromatic carbocycles. The van der Waals surface area contributed by atoms with Crippen LogP contribution in [-0.4, -0.2) is 67.3 Å². The van der Waals surface area contributed by atoms with Gasteiger partial charge in [-0.1, -0.05) is 17.7 Å². The molecule has 0 bridgehead atoms. The van der Waals surface area contributed by atoms with Crippen LogP contribution >= 0.6 is 22.9 Å². The number of hydrogen-bond acceptors (Lipinski definition) is 10. The summed E-state index contributed by atoms with van der Waals surface area (Å²) in [6.45, 7) is 8.22. The predicted octanol–water partition coefficient (Wildman–Crippen LogP) is 4.44. The van der Waals surface area contributed by atoms with Crippen molar-refractivity contribution in [3.63, 3.8) is 0 Å². The summed E-state index contributed by atoms with van der Waals surface area (Å²) in [5, 5.41) is 10.5. The third-order valence-corrected chi connectivity index (χ3v) is 9.69. The van der Waals surface area contributed by atoms with E-state index in [0.29, 0.717) is 36.8 Å². The lowest BCUT2D eigenvalue weighted by molar-refractivity contribution is -0.118. The van der Waals surface area contributed by atoms with E-state index in [0.717, 1.165) is 30.0 Å². The van der Waals surface area contributed by atoms with Crippen LogP contribution in [0.15, 0.2) is 40.1 Å². The van der Waals surface area contributed by atoms with Crippen molar-refractivity contribution in [3.8, 4) is 0 Å². The highest BCUT2D eigenvalue weighted by Gasteiger charge is 2.25. The van der Waals surface area contributed by atoms with Crippen molar-refractivity contribution in [3.05, 3.63) is 46.4 Å². The van der Waals surface area contributed by atoms with Crippen molar-refractivity contribution in [1.82, 2.24) is 14.9 Å². The van der Waals surface area contributed by atoms with Gasteiger partial charge >= 0.3 is 0 Å². The second kappa shape index (κ2) is 11.7. The quantitative estimate of drug-likeness (QED) is 0.346. The standard InChI is InChI=1S/C24H29ClN6O4S2/c1-15(2)37(33,34)23-19(6-11-36-23)28-22-18(25)13-26-24(30-22)29-20-12-17(5-4-16(20)3)27-21(32)14-31-7-9-35-10-8-31/h4-6,11-13,15H,7-10,14H2,1-3H3,(H,27,32)(H2,26,28,29,30). The van der Waals surface area contributed by atoms with Gasteiger partial charge in [-0.15, -0.1) is 11.3 Å². The Bertz CT molecular complexity index is 1370. The number of nitrogens with zero attached hydrogens (tertiary/aromatic N) is 3. The summed E-state index contributed by atoms with van der Waals surface area (Å²) in [5.74, 6) is 0.425. The fourth-order valence-corrected chi connectivity index (χ4v) is 6.43. The van der Waals surface area contributed by atoms with E-state index >= 15 is 0 Å². The van der Waals surface area contributed by atoms with Crippen LogP contribution in [-0.2, 0) is 19.4 Å². The number of nitrogens with one attached hydrogen (secondary N) is 3. The number of morpholine rings is 1. The minimum Gasteiger partial charge on any atom is -0.379 e. The van der Waals surface area contributed by atoms with Crippen LogP contribution in [0.5, 0.6) is 0 Å². The summed E-state index contributed by atoms with van der Waals surface area (Å²) in [6, 6.07) is 7.21. The van der Waals surface area contributed by atoms with E-state index in [2.05, 4.69) is 25.9 Å². The van der Waals surface area contributed by atoms with E-state index in [-0.39, 0.29) is 26.9 Å². The fourth-order valence-electron chi connectivity index (χ4n) is 3.58. The third-order valence-electron chi connectivity index (χ3n) is 5.74. The van der Waals surface area contributed by atoms with E-state index in [9.17, 15) is 13.2 Å². The average molecular weight is 565 g/mol. The maximum absolute atomic E-state index is 12.7. The van der Waals surface area contributed by atoms with Crippen LogP contribution in [0, 0.1) is 6.92 Å². The highest BCUT2D eigenvalue weighted by molar-refractivity contribution is 7.94. The number of amides is 1. The summed E-state index contributed by atoms with van der Waals surface area (Å²) in [7, 11) is -3.48. The Labute approximate surface area is 225 Å². The van der Waals surface area contributed by atoms with Gasteiger partial charge in [-0.2, -0.15) is 4.98 Å². The SMILES string of the molecule is Cc1ccc(NC(=O)CN2CCOCC2)cc1Nc1ncc(Cl)c(Nc2ccsc2S(=O)(=O)C(C)C)n1. The molecule has 0 atom stereocenters. The van der Waals surface area contributed by atoms with E-state index in [1.54, 1.807) is 25.3 Å². The predicted molar refractivity (Wildman–Crippen MR) is 147 cm³/mol. The summed E-state index contributed by atoms with van der Waals surface area (Å²) < 4.78 is 31.0. The molecule has 0 radical (unpaired) electrons. The molecule has 1 aliphatic heterocycles. The molecule has 10 nitrogen and oxygen atoms in total. The number of thiophene rings is 1. The summed E-state index contributed by atoms with van der Waals surface area (Å²) in [4.78, 5) is 23.3. The normalized spacial score (nSPS) is 14.5. The monoisotopic (exact) mass is 564 g/mol. The molecule has 0 unspecified atom stereocenters. The molecular formula is C24H29ClN6O4S2. The van der Waals surface area contributed by atoms with Gasteiger partial charge in [-0.25, -0.2) is 13.4 Å². The third kappa shape index (κ3) is 6.76. The fraction of sp³-hybridized carbons (Fsp3) is 0.375. The van der Waals surface area contributed by atoms with E-state index in [1.165, 1.54) is 6.20 Å². The molecule has 4 rings (SSSR count). The zero-order chi connectivity index (χ0) is 26.6.